The number of nitrogens with one attached hydrogen (secondary N) is 1. The molecule has 1 aromatic heterocycles. The number of aryl methyl sites for hydroxylation is 1. The molecule has 0 bridgehead atoms. The molecule has 2 aromatic rings. The standard InChI is InChI=1S/C17H13BrN2O2S2/c1-9-4-3-5-13(10(9)2)20-16(22)12(15(21)19-17(20)23)8-11-6-7-14(18)24-11/h3-8H,1-2H3,(H,19,21,23)/b12-8+. The molecule has 1 saturated heterocycles. The molecule has 24 heavy (non-hydrogen) atoms. The van der Waals surface area contributed by atoms with Crippen LogP contribution in [-0.2, 0) is 9.59 Å². The van der Waals surface area contributed by atoms with Crippen LogP contribution in [0, 0.1) is 13.8 Å². The molecule has 1 aromatic carbocycles. The van der Waals surface area contributed by atoms with Crippen molar-refractivity contribution in [3.63, 3.8) is 0 Å². The van der Waals surface area contributed by atoms with Gasteiger partial charge in [0.1, 0.15) is 5.57 Å². The van der Waals surface area contributed by atoms with E-state index >= 15 is 0 Å². The van der Waals surface area contributed by atoms with Gasteiger partial charge in [-0.15, -0.1) is 11.3 Å². The number of carbonyl (C=O) groups excluding carboxylic acids is 2. The van der Waals surface area contributed by atoms with E-state index in [1.54, 1.807) is 6.08 Å². The van der Waals surface area contributed by atoms with Crippen LogP contribution >= 0.6 is 39.5 Å². The Balaban J connectivity index is 2.06. The zero-order chi connectivity index (χ0) is 17.4. The molecular formula is C17H13BrN2O2S2. The first-order chi connectivity index (χ1) is 11.4. The van der Waals surface area contributed by atoms with E-state index in [1.165, 1.54) is 16.2 Å². The van der Waals surface area contributed by atoms with Gasteiger partial charge in [0.2, 0.25) is 0 Å². The van der Waals surface area contributed by atoms with E-state index in [-0.39, 0.29) is 10.7 Å². The third kappa shape index (κ3) is 3.07. The second kappa shape index (κ2) is 6.58. The van der Waals surface area contributed by atoms with Crippen LogP contribution < -0.4 is 10.2 Å². The molecule has 0 saturated carbocycles. The molecular weight excluding hydrogens is 408 g/mol. The van der Waals surface area contributed by atoms with Crippen molar-refractivity contribution in [3.05, 3.63) is 55.7 Å². The second-order valence-corrected chi connectivity index (χ2v) is 8.20. The number of thiocarbonyl (C=S) groups is 1. The fourth-order valence-corrected chi connectivity index (χ4v) is 4.04. The lowest BCUT2D eigenvalue weighted by molar-refractivity contribution is -0.122. The second-order valence-electron chi connectivity index (χ2n) is 5.32. The molecule has 0 spiro atoms. The van der Waals surface area contributed by atoms with Crippen molar-refractivity contribution in [1.29, 1.82) is 0 Å². The fraction of sp³-hybridized carbons (Fsp3) is 0.118. The van der Waals surface area contributed by atoms with Gasteiger partial charge in [0.05, 0.1) is 9.47 Å². The summed E-state index contributed by atoms with van der Waals surface area (Å²) in [6.45, 7) is 3.89. The van der Waals surface area contributed by atoms with Crippen LogP contribution in [0.2, 0.25) is 0 Å². The van der Waals surface area contributed by atoms with Gasteiger partial charge in [0.25, 0.3) is 11.8 Å². The summed E-state index contributed by atoms with van der Waals surface area (Å²) in [6, 6.07) is 9.37. The first-order valence-electron chi connectivity index (χ1n) is 7.11. The predicted octanol–water partition coefficient (Wildman–Crippen LogP) is 3.96. The lowest BCUT2D eigenvalue weighted by atomic mass is 10.1. The summed E-state index contributed by atoms with van der Waals surface area (Å²) in [4.78, 5) is 27.4. The minimum absolute atomic E-state index is 0.0684. The molecule has 1 N–H and O–H groups in total. The van der Waals surface area contributed by atoms with Gasteiger partial charge >= 0.3 is 0 Å². The van der Waals surface area contributed by atoms with Gasteiger partial charge in [-0.1, -0.05) is 12.1 Å². The molecule has 1 aliphatic rings. The monoisotopic (exact) mass is 420 g/mol. The Morgan fingerprint density at radius 2 is 1.96 bits per heavy atom. The highest BCUT2D eigenvalue weighted by atomic mass is 79.9. The predicted molar refractivity (Wildman–Crippen MR) is 104 cm³/mol. The number of benzene rings is 1. The number of halogens is 1. The third-order valence-electron chi connectivity index (χ3n) is 3.80. The average molecular weight is 421 g/mol. The molecule has 0 atom stereocenters. The summed E-state index contributed by atoms with van der Waals surface area (Å²) in [5.41, 5.74) is 2.75. The Kier molecular flexibility index (Phi) is 4.67. The highest BCUT2D eigenvalue weighted by Crippen LogP contribution is 2.29. The van der Waals surface area contributed by atoms with Crippen LogP contribution in [-0.4, -0.2) is 16.9 Å². The maximum Gasteiger partial charge on any atom is 0.270 e. The van der Waals surface area contributed by atoms with Crippen molar-refractivity contribution in [2.75, 3.05) is 4.90 Å². The first kappa shape index (κ1) is 17.0. The van der Waals surface area contributed by atoms with Gasteiger partial charge < -0.3 is 0 Å². The van der Waals surface area contributed by atoms with E-state index < -0.39 is 11.8 Å². The smallest absolute Gasteiger partial charge is 0.270 e. The van der Waals surface area contributed by atoms with Gasteiger partial charge in [0, 0.05) is 4.88 Å². The van der Waals surface area contributed by atoms with Crippen LogP contribution in [0.3, 0.4) is 0 Å². The molecule has 3 rings (SSSR count). The molecule has 2 heterocycles. The summed E-state index contributed by atoms with van der Waals surface area (Å²) in [5, 5.41) is 2.70. The maximum absolute atomic E-state index is 12.9. The van der Waals surface area contributed by atoms with E-state index in [2.05, 4.69) is 21.2 Å². The zero-order valence-electron chi connectivity index (χ0n) is 12.9. The van der Waals surface area contributed by atoms with Crippen molar-refractivity contribution in [2.24, 2.45) is 0 Å². The van der Waals surface area contributed by atoms with Crippen LogP contribution in [0.25, 0.3) is 6.08 Å². The Bertz CT molecular complexity index is 902. The molecule has 4 nitrogen and oxygen atoms in total. The number of rotatable bonds is 2. The van der Waals surface area contributed by atoms with Gasteiger partial charge in [-0.05, 0) is 77.4 Å². The Morgan fingerprint density at radius 3 is 2.62 bits per heavy atom. The number of hydrogen-bond donors (Lipinski definition) is 1. The van der Waals surface area contributed by atoms with Gasteiger partial charge in [0.15, 0.2) is 5.11 Å². The maximum atomic E-state index is 12.9. The summed E-state index contributed by atoms with van der Waals surface area (Å²) in [5.74, 6) is -0.891. The lowest BCUT2D eigenvalue weighted by Crippen LogP contribution is -2.54. The first-order valence-corrected chi connectivity index (χ1v) is 9.13. The van der Waals surface area contributed by atoms with E-state index in [1.807, 2.05) is 44.2 Å². The summed E-state index contributed by atoms with van der Waals surface area (Å²) >= 11 is 10.0. The van der Waals surface area contributed by atoms with Crippen molar-refractivity contribution in [1.82, 2.24) is 5.32 Å². The Hall–Kier alpha value is -1.83. The van der Waals surface area contributed by atoms with E-state index in [9.17, 15) is 9.59 Å². The van der Waals surface area contributed by atoms with Crippen molar-refractivity contribution in [3.8, 4) is 0 Å². The summed E-state index contributed by atoms with van der Waals surface area (Å²) < 4.78 is 0.930. The van der Waals surface area contributed by atoms with Crippen molar-refractivity contribution < 1.29 is 9.59 Å². The molecule has 0 radical (unpaired) electrons. The van der Waals surface area contributed by atoms with Gasteiger partial charge in [-0.2, -0.15) is 0 Å². The van der Waals surface area contributed by atoms with Gasteiger partial charge in [-0.3, -0.25) is 19.8 Å². The molecule has 7 heteroatoms. The van der Waals surface area contributed by atoms with Crippen LogP contribution in [0.1, 0.15) is 16.0 Å². The molecule has 1 fully saturated rings. The lowest BCUT2D eigenvalue weighted by Gasteiger charge is -2.30. The number of hydrogen-bond acceptors (Lipinski definition) is 4. The number of amides is 2. The molecule has 2 amide bonds. The fourth-order valence-electron chi connectivity index (χ4n) is 2.40. The molecule has 0 unspecified atom stereocenters. The quantitative estimate of drug-likeness (QED) is 0.454. The number of nitrogens with zero attached hydrogens (tertiary/aromatic N) is 1. The van der Waals surface area contributed by atoms with Crippen molar-refractivity contribution >= 4 is 68.2 Å². The van der Waals surface area contributed by atoms with E-state index in [4.69, 9.17) is 12.2 Å². The summed E-state index contributed by atoms with van der Waals surface area (Å²) in [7, 11) is 0. The highest BCUT2D eigenvalue weighted by molar-refractivity contribution is 9.11. The normalized spacial score (nSPS) is 16.7. The minimum atomic E-state index is -0.476. The largest absolute Gasteiger partial charge is 0.298 e. The SMILES string of the molecule is Cc1cccc(N2C(=O)/C(=C/c3ccc(Br)s3)C(=O)NC2=S)c1C. The summed E-state index contributed by atoms with van der Waals surface area (Å²) in [6.07, 6.45) is 1.59. The third-order valence-corrected chi connectivity index (χ3v) is 5.65. The Morgan fingerprint density at radius 1 is 1.21 bits per heavy atom. The number of carbonyl (C=O) groups is 2. The molecule has 122 valence electrons. The van der Waals surface area contributed by atoms with Crippen LogP contribution in [0.4, 0.5) is 5.69 Å². The zero-order valence-corrected chi connectivity index (χ0v) is 16.1. The minimum Gasteiger partial charge on any atom is -0.298 e. The van der Waals surface area contributed by atoms with Crippen LogP contribution in [0.5, 0.6) is 0 Å². The van der Waals surface area contributed by atoms with E-state index in [0.717, 1.165) is 19.8 Å². The Labute approximate surface area is 157 Å². The molecule has 0 aliphatic carbocycles. The van der Waals surface area contributed by atoms with Gasteiger partial charge in [-0.25, -0.2) is 0 Å². The van der Waals surface area contributed by atoms with Crippen molar-refractivity contribution in [2.45, 2.75) is 13.8 Å². The average Bonchev–Trinajstić information content (AvgIpc) is 2.93. The van der Waals surface area contributed by atoms with E-state index in [0.29, 0.717) is 5.69 Å². The number of thiophene rings is 1. The number of anilines is 1. The topological polar surface area (TPSA) is 49.4 Å². The molecule has 1 aliphatic heterocycles. The van der Waals surface area contributed by atoms with Crippen LogP contribution in [0.15, 0.2) is 39.7 Å². The highest BCUT2D eigenvalue weighted by Gasteiger charge is 2.35.